The summed E-state index contributed by atoms with van der Waals surface area (Å²) < 4.78 is 28.4. The molecule has 0 aliphatic carbocycles. The van der Waals surface area contributed by atoms with Gasteiger partial charge in [0.1, 0.15) is 5.82 Å². The summed E-state index contributed by atoms with van der Waals surface area (Å²) >= 11 is 12.2. The van der Waals surface area contributed by atoms with E-state index in [4.69, 9.17) is 23.2 Å². The molecule has 172 valence electrons. The van der Waals surface area contributed by atoms with Crippen molar-refractivity contribution >= 4 is 29.0 Å². The van der Waals surface area contributed by atoms with Crippen molar-refractivity contribution in [3.8, 4) is 0 Å². The molecular formula is C24H28Cl2F2N4. The number of anilines is 1. The first-order chi connectivity index (χ1) is 15.4. The second-order valence-corrected chi connectivity index (χ2v) is 10.2. The summed E-state index contributed by atoms with van der Waals surface area (Å²) in [7, 11) is 0. The Bertz CT molecular complexity index is 934. The van der Waals surface area contributed by atoms with Crippen LogP contribution in [0.1, 0.15) is 24.8 Å². The van der Waals surface area contributed by atoms with Crippen molar-refractivity contribution < 1.29 is 8.78 Å². The molecule has 0 saturated carbocycles. The molecule has 1 aromatic carbocycles. The molecule has 1 unspecified atom stereocenters. The van der Waals surface area contributed by atoms with E-state index in [2.05, 4.69) is 26.9 Å². The number of nitrogens with zero attached hydrogens (tertiary/aromatic N) is 4. The molecule has 3 aliphatic rings. The van der Waals surface area contributed by atoms with Crippen LogP contribution in [0.3, 0.4) is 0 Å². The topological polar surface area (TPSA) is 22.6 Å². The number of halogens is 4. The van der Waals surface area contributed by atoms with E-state index in [0.717, 1.165) is 43.2 Å². The maximum Gasteiger partial charge on any atom is 0.262 e. The monoisotopic (exact) mass is 480 g/mol. The Hall–Kier alpha value is -1.47. The average Bonchev–Trinajstić information content (AvgIpc) is 3.08. The highest BCUT2D eigenvalue weighted by Gasteiger charge is 2.49. The third kappa shape index (κ3) is 4.89. The molecule has 8 heteroatoms. The first-order valence-electron chi connectivity index (χ1n) is 11.3. The molecule has 2 aromatic rings. The van der Waals surface area contributed by atoms with Crippen LogP contribution in [-0.2, 0) is 6.42 Å². The summed E-state index contributed by atoms with van der Waals surface area (Å²) in [4.78, 5) is 11.3. The predicted octanol–water partition coefficient (Wildman–Crippen LogP) is 4.99. The van der Waals surface area contributed by atoms with E-state index in [1.54, 1.807) is 12.3 Å². The van der Waals surface area contributed by atoms with Gasteiger partial charge in [0.2, 0.25) is 0 Å². The smallest absolute Gasteiger partial charge is 0.262 e. The fourth-order valence-electron chi connectivity index (χ4n) is 5.64. The average molecular weight is 481 g/mol. The molecule has 0 bridgehead atoms. The Labute approximate surface area is 198 Å². The van der Waals surface area contributed by atoms with Gasteiger partial charge in [0.05, 0.1) is 6.54 Å². The Morgan fingerprint density at radius 3 is 2.44 bits per heavy atom. The fourth-order valence-corrected chi connectivity index (χ4v) is 5.92. The summed E-state index contributed by atoms with van der Waals surface area (Å²) in [5, 5.41) is 1.41. The Kier molecular flexibility index (Phi) is 6.32. The molecule has 0 amide bonds. The van der Waals surface area contributed by atoms with Crippen LogP contribution in [0.5, 0.6) is 0 Å². The van der Waals surface area contributed by atoms with Crippen LogP contribution in [0, 0.1) is 0 Å². The van der Waals surface area contributed by atoms with Crippen molar-refractivity contribution in [3.63, 3.8) is 0 Å². The number of rotatable bonds is 4. The van der Waals surface area contributed by atoms with Gasteiger partial charge >= 0.3 is 0 Å². The molecule has 4 heterocycles. The van der Waals surface area contributed by atoms with Gasteiger partial charge in [0.15, 0.2) is 0 Å². The van der Waals surface area contributed by atoms with Crippen molar-refractivity contribution in [2.24, 2.45) is 0 Å². The van der Waals surface area contributed by atoms with Crippen molar-refractivity contribution in [2.45, 2.75) is 49.7 Å². The van der Waals surface area contributed by atoms with Gasteiger partial charge in [-0.15, -0.1) is 0 Å². The summed E-state index contributed by atoms with van der Waals surface area (Å²) in [6.45, 7) is 3.09. The lowest BCUT2D eigenvalue weighted by atomic mass is 9.94. The molecule has 5 rings (SSSR count). The SMILES string of the molecule is FC1(F)C[C@H]2CN(C3CCN(c4cc(Cl)ccn4)CC3)C(Cc3ccc(Cl)cc3)CN2C1. The molecule has 2 atom stereocenters. The standard InChI is InChI=1S/C24H28Cl2F2N4/c25-18-3-1-17(2-4-18)11-21-14-31-16-24(27,28)13-22(31)15-32(21)20-6-9-30(10-7-20)23-12-19(26)5-8-29-23/h1-5,8,12,20-22H,6-7,9-11,13-16H2/t21?,22-/m0/s1. The van der Waals surface area contributed by atoms with Gasteiger partial charge in [-0.2, -0.15) is 0 Å². The molecule has 32 heavy (non-hydrogen) atoms. The van der Waals surface area contributed by atoms with Crippen LogP contribution in [0.4, 0.5) is 14.6 Å². The van der Waals surface area contributed by atoms with Gasteiger partial charge in [0.25, 0.3) is 5.92 Å². The molecule has 4 nitrogen and oxygen atoms in total. The lowest BCUT2D eigenvalue weighted by molar-refractivity contribution is 0.00133. The van der Waals surface area contributed by atoms with Gasteiger partial charge in [-0.05, 0) is 49.1 Å². The summed E-state index contributed by atoms with van der Waals surface area (Å²) in [6.07, 6.45) is 4.55. The summed E-state index contributed by atoms with van der Waals surface area (Å²) in [6, 6.07) is 12.2. The van der Waals surface area contributed by atoms with Crippen LogP contribution >= 0.6 is 23.2 Å². The molecule has 3 aliphatic heterocycles. The van der Waals surface area contributed by atoms with Crippen molar-refractivity contribution in [1.82, 2.24) is 14.8 Å². The van der Waals surface area contributed by atoms with E-state index in [-0.39, 0.29) is 25.0 Å². The molecule has 3 fully saturated rings. The number of benzene rings is 1. The van der Waals surface area contributed by atoms with Crippen LogP contribution in [0.15, 0.2) is 42.6 Å². The molecule has 0 radical (unpaired) electrons. The van der Waals surface area contributed by atoms with Gasteiger partial charge in [-0.25, -0.2) is 13.8 Å². The van der Waals surface area contributed by atoms with E-state index in [9.17, 15) is 8.78 Å². The van der Waals surface area contributed by atoms with Gasteiger partial charge in [0, 0.05) is 67.0 Å². The highest BCUT2D eigenvalue weighted by atomic mass is 35.5. The van der Waals surface area contributed by atoms with Gasteiger partial charge < -0.3 is 4.90 Å². The van der Waals surface area contributed by atoms with E-state index in [0.29, 0.717) is 24.2 Å². The summed E-state index contributed by atoms with van der Waals surface area (Å²) in [5.74, 6) is -1.67. The number of fused-ring (bicyclic) bond motifs is 1. The highest BCUT2D eigenvalue weighted by Crippen LogP contribution is 2.37. The maximum atomic E-state index is 14.2. The molecule has 3 saturated heterocycles. The van der Waals surface area contributed by atoms with Crippen molar-refractivity contribution in [2.75, 3.05) is 37.6 Å². The third-order valence-corrected chi connectivity index (χ3v) is 7.66. The summed E-state index contributed by atoms with van der Waals surface area (Å²) in [5.41, 5.74) is 1.20. The van der Waals surface area contributed by atoms with Crippen LogP contribution < -0.4 is 4.90 Å². The van der Waals surface area contributed by atoms with Crippen LogP contribution in [0.25, 0.3) is 0 Å². The molecular weight excluding hydrogens is 453 g/mol. The number of hydrogen-bond donors (Lipinski definition) is 0. The second kappa shape index (κ2) is 9.05. The predicted molar refractivity (Wildman–Crippen MR) is 125 cm³/mol. The zero-order valence-electron chi connectivity index (χ0n) is 17.9. The van der Waals surface area contributed by atoms with E-state index in [1.165, 1.54) is 5.56 Å². The number of piperazine rings is 1. The van der Waals surface area contributed by atoms with Crippen LogP contribution in [0.2, 0.25) is 10.0 Å². The number of alkyl halides is 2. The Balaban J connectivity index is 1.31. The second-order valence-electron chi connectivity index (χ2n) is 9.38. The minimum absolute atomic E-state index is 0.0254. The number of piperidine rings is 1. The van der Waals surface area contributed by atoms with Crippen molar-refractivity contribution in [3.05, 3.63) is 58.2 Å². The van der Waals surface area contributed by atoms with Crippen molar-refractivity contribution in [1.29, 1.82) is 0 Å². The van der Waals surface area contributed by atoms with E-state index < -0.39 is 5.92 Å². The number of pyridine rings is 1. The molecule has 0 N–H and O–H groups in total. The van der Waals surface area contributed by atoms with Crippen LogP contribution in [-0.4, -0.2) is 71.6 Å². The zero-order chi connectivity index (χ0) is 22.3. The normalized spacial score (nSPS) is 26.9. The lowest BCUT2D eigenvalue weighted by Gasteiger charge is -2.49. The van der Waals surface area contributed by atoms with Gasteiger partial charge in [-0.3, -0.25) is 9.80 Å². The largest absolute Gasteiger partial charge is 0.356 e. The Morgan fingerprint density at radius 2 is 1.72 bits per heavy atom. The Morgan fingerprint density at radius 1 is 0.969 bits per heavy atom. The first-order valence-corrected chi connectivity index (χ1v) is 12.1. The quantitative estimate of drug-likeness (QED) is 0.614. The fraction of sp³-hybridized carbons (Fsp3) is 0.542. The van der Waals surface area contributed by atoms with E-state index >= 15 is 0 Å². The minimum Gasteiger partial charge on any atom is -0.356 e. The molecule has 0 spiro atoms. The first kappa shape index (κ1) is 22.3. The lowest BCUT2D eigenvalue weighted by Crippen LogP contribution is -2.61. The minimum atomic E-state index is -2.58. The highest BCUT2D eigenvalue weighted by molar-refractivity contribution is 6.31. The number of hydrogen-bond acceptors (Lipinski definition) is 4. The molecule has 1 aromatic heterocycles. The number of aromatic nitrogens is 1. The maximum absolute atomic E-state index is 14.2. The third-order valence-electron chi connectivity index (χ3n) is 7.17. The van der Waals surface area contributed by atoms with Gasteiger partial charge in [-0.1, -0.05) is 35.3 Å². The zero-order valence-corrected chi connectivity index (χ0v) is 19.5. The van der Waals surface area contributed by atoms with E-state index in [1.807, 2.05) is 23.1 Å².